The number of pyridine rings is 2. The van der Waals surface area contributed by atoms with E-state index in [-0.39, 0.29) is 21.5 Å². The lowest BCUT2D eigenvalue weighted by molar-refractivity contribution is 0.0981. The Morgan fingerprint density at radius 2 is 1.92 bits per heavy atom. The lowest BCUT2D eigenvalue weighted by Crippen LogP contribution is -2.41. The summed E-state index contributed by atoms with van der Waals surface area (Å²) in [7, 11) is -4.21. The summed E-state index contributed by atoms with van der Waals surface area (Å²) in [5.74, 6) is 1.40. The standard InChI is InChI=1S/C27H35N7O4S/c1-26(2,3)17-38-22-12-14-34(31-22)21-10-9-19-24(30-21)33-16-18(15-27(33,4)5)11-13-28-20-7-6-8-23(29-20)39(36,37)32-25(19)35/h6-10,12,14,18H,11,13,15-17H2,1-5H3,(H,28,29)(H,32,35)/t18-/m1/s1. The Morgan fingerprint density at radius 3 is 2.69 bits per heavy atom. The molecule has 0 saturated carbocycles. The van der Waals surface area contributed by atoms with Crippen LogP contribution in [0.1, 0.15) is 57.8 Å². The molecule has 3 aromatic rings. The molecule has 3 aromatic heterocycles. The molecule has 1 amide bonds. The second-order valence-electron chi connectivity index (χ2n) is 12.0. The number of anilines is 2. The van der Waals surface area contributed by atoms with Gasteiger partial charge in [-0.3, -0.25) is 4.79 Å². The maximum absolute atomic E-state index is 13.5. The van der Waals surface area contributed by atoms with Crippen molar-refractivity contribution in [2.75, 3.05) is 29.9 Å². The lowest BCUT2D eigenvalue weighted by Gasteiger charge is -2.34. The highest BCUT2D eigenvalue weighted by atomic mass is 32.2. The second-order valence-corrected chi connectivity index (χ2v) is 13.6. The number of aromatic nitrogens is 4. The molecule has 2 aliphatic rings. The molecule has 208 valence electrons. The Bertz CT molecular complexity index is 1490. The average Bonchev–Trinajstić information content (AvgIpc) is 3.45. The number of hydrogen-bond acceptors (Lipinski definition) is 9. The number of carbonyl (C=O) groups is 1. The largest absolute Gasteiger partial charge is 0.476 e. The van der Waals surface area contributed by atoms with Crippen LogP contribution < -0.4 is 19.7 Å². The highest BCUT2D eigenvalue weighted by Crippen LogP contribution is 2.39. The average molecular weight is 554 g/mol. The molecule has 11 nitrogen and oxygen atoms in total. The molecule has 1 saturated heterocycles. The van der Waals surface area contributed by atoms with Crippen molar-refractivity contribution < 1.29 is 17.9 Å². The summed E-state index contributed by atoms with van der Waals surface area (Å²) in [4.78, 5) is 24.6. The molecule has 5 rings (SSSR count). The number of amides is 1. The summed E-state index contributed by atoms with van der Waals surface area (Å²) >= 11 is 0. The van der Waals surface area contributed by atoms with E-state index >= 15 is 0 Å². The topological polar surface area (TPSA) is 131 Å². The first-order valence-electron chi connectivity index (χ1n) is 13.1. The number of carbonyl (C=O) groups excluding carboxylic acids is 1. The summed E-state index contributed by atoms with van der Waals surface area (Å²) in [5, 5.41) is 7.51. The SMILES string of the molecule is CC(C)(C)COc1ccn(-c2ccc3c(n2)N2C[C@H](CCNc4cccc(n4)S(=O)(=O)NC3=O)CC2(C)C)n1. The molecule has 5 heterocycles. The van der Waals surface area contributed by atoms with Crippen LogP contribution in [0, 0.1) is 11.3 Å². The van der Waals surface area contributed by atoms with Gasteiger partial charge in [-0.05, 0) is 62.3 Å². The van der Waals surface area contributed by atoms with Crippen LogP contribution in [0.2, 0.25) is 0 Å². The molecule has 0 spiro atoms. The van der Waals surface area contributed by atoms with Gasteiger partial charge in [0.25, 0.3) is 15.9 Å². The first-order valence-corrected chi connectivity index (χ1v) is 14.5. The van der Waals surface area contributed by atoms with E-state index in [9.17, 15) is 13.2 Å². The van der Waals surface area contributed by atoms with Gasteiger partial charge in [-0.2, -0.15) is 8.42 Å². The maximum atomic E-state index is 13.5. The van der Waals surface area contributed by atoms with E-state index < -0.39 is 15.9 Å². The number of nitrogens with zero attached hydrogens (tertiary/aromatic N) is 5. The Labute approximate surface area is 229 Å². The number of nitrogens with one attached hydrogen (secondary N) is 2. The van der Waals surface area contributed by atoms with E-state index in [2.05, 4.69) is 59.6 Å². The molecular formula is C27H35N7O4S. The third-order valence-corrected chi connectivity index (χ3v) is 8.09. The molecule has 0 radical (unpaired) electrons. The van der Waals surface area contributed by atoms with Crippen LogP contribution in [0.3, 0.4) is 0 Å². The van der Waals surface area contributed by atoms with Crippen LogP contribution in [0.4, 0.5) is 11.6 Å². The monoisotopic (exact) mass is 553 g/mol. The minimum absolute atomic E-state index is 0.0186. The van der Waals surface area contributed by atoms with E-state index in [0.717, 1.165) is 12.8 Å². The van der Waals surface area contributed by atoms with Gasteiger partial charge in [0, 0.05) is 30.9 Å². The first kappa shape index (κ1) is 26.9. The molecule has 0 aromatic carbocycles. The molecule has 0 unspecified atom stereocenters. The van der Waals surface area contributed by atoms with Crippen LogP contribution in [-0.2, 0) is 10.0 Å². The van der Waals surface area contributed by atoms with E-state index in [4.69, 9.17) is 9.72 Å². The maximum Gasteiger partial charge on any atom is 0.281 e. The highest BCUT2D eigenvalue weighted by Gasteiger charge is 2.41. The predicted octanol–water partition coefficient (Wildman–Crippen LogP) is 3.63. The van der Waals surface area contributed by atoms with Crippen LogP contribution >= 0.6 is 0 Å². The van der Waals surface area contributed by atoms with Crippen molar-refractivity contribution in [3.8, 4) is 11.7 Å². The van der Waals surface area contributed by atoms with Gasteiger partial charge in [-0.15, -0.1) is 5.10 Å². The molecule has 2 N–H and O–H groups in total. The number of ether oxygens (including phenoxy) is 1. The van der Waals surface area contributed by atoms with Gasteiger partial charge in [0.2, 0.25) is 5.88 Å². The quantitative estimate of drug-likeness (QED) is 0.499. The Balaban J connectivity index is 1.55. The minimum Gasteiger partial charge on any atom is -0.476 e. The van der Waals surface area contributed by atoms with Gasteiger partial charge in [0.15, 0.2) is 10.8 Å². The smallest absolute Gasteiger partial charge is 0.281 e. The molecule has 0 aliphatic carbocycles. The van der Waals surface area contributed by atoms with E-state index in [0.29, 0.717) is 48.9 Å². The van der Waals surface area contributed by atoms with Gasteiger partial charge in [0.1, 0.15) is 11.6 Å². The molecular weight excluding hydrogens is 518 g/mol. The molecule has 4 bridgehead atoms. The Hall–Kier alpha value is -3.67. The van der Waals surface area contributed by atoms with Crippen LogP contribution in [-0.4, -0.2) is 59.3 Å². The molecule has 1 atom stereocenters. The normalized spacial score (nSPS) is 20.4. The van der Waals surface area contributed by atoms with Gasteiger partial charge >= 0.3 is 0 Å². The second kappa shape index (κ2) is 9.82. The fourth-order valence-electron chi connectivity index (χ4n) is 5.00. The zero-order valence-corrected chi connectivity index (χ0v) is 23.7. The van der Waals surface area contributed by atoms with Crippen LogP contribution in [0.15, 0.2) is 47.6 Å². The minimum atomic E-state index is -4.21. The van der Waals surface area contributed by atoms with E-state index in [1.165, 1.54) is 6.07 Å². The third-order valence-electron chi connectivity index (χ3n) is 6.86. The summed E-state index contributed by atoms with van der Waals surface area (Å²) < 4.78 is 35.8. The number of sulfonamides is 1. The zero-order valence-electron chi connectivity index (χ0n) is 22.9. The van der Waals surface area contributed by atoms with Crippen LogP contribution in [0.25, 0.3) is 5.82 Å². The summed E-state index contributed by atoms with van der Waals surface area (Å²) in [6, 6.07) is 9.70. The van der Waals surface area contributed by atoms with Crippen molar-refractivity contribution in [3.63, 3.8) is 0 Å². The fraction of sp³-hybridized carbons (Fsp3) is 0.481. The molecule has 1 fully saturated rings. The lowest BCUT2D eigenvalue weighted by atomic mass is 9.94. The van der Waals surface area contributed by atoms with E-state index in [1.807, 2.05) is 0 Å². The van der Waals surface area contributed by atoms with Gasteiger partial charge < -0.3 is 15.0 Å². The highest BCUT2D eigenvalue weighted by molar-refractivity contribution is 7.90. The third kappa shape index (κ3) is 5.85. The first-order chi connectivity index (χ1) is 18.3. The van der Waals surface area contributed by atoms with Crippen molar-refractivity contribution in [3.05, 3.63) is 48.2 Å². The van der Waals surface area contributed by atoms with Crippen molar-refractivity contribution in [1.29, 1.82) is 0 Å². The van der Waals surface area contributed by atoms with Crippen molar-refractivity contribution >= 4 is 27.6 Å². The Kier molecular flexibility index (Phi) is 6.78. The molecule has 39 heavy (non-hydrogen) atoms. The van der Waals surface area contributed by atoms with Gasteiger partial charge in [0.05, 0.1) is 12.2 Å². The fourth-order valence-corrected chi connectivity index (χ4v) is 5.94. The number of rotatable bonds is 3. The number of fused-ring (bicyclic) bond motifs is 6. The van der Waals surface area contributed by atoms with Crippen molar-refractivity contribution in [1.82, 2.24) is 24.5 Å². The van der Waals surface area contributed by atoms with E-state index in [1.54, 1.807) is 41.2 Å². The molecule has 2 aliphatic heterocycles. The zero-order chi connectivity index (χ0) is 28.0. The summed E-state index contributed by atoms with van der Waals surface area (Å²) in [5.41, 5.74) is -0.167. The van der Waals surface area contributed by atoms with Crippen molar-refractivity contribution in [2.45, 2.75) is 58.0 Å². The predicted molar refractivity (Wildman–Crippen MR) is 148 cm³/mol. The van der Waals surface area contributed by atoms with Gasteiger partial charge in [-0.1, -0.05) is 26.8 Å². The van der Waals surface area contributed by atoms with Crippen LogP contribution in [0.5, 0.6) is 5.88 Å². The van der Waals surface area contributed by atoms with Gasteiger partial charge in [-0.25, -0.2) is 19.4 Å². The van der Waals surface area contributed by atoms with Crippen molar-refractivity contribution in [2.24, 2.45) is 11.3 Å². The summed E-state index contributed by atoms with van der Waals surface area (Å²) in [6.45, 7) is 12.3. The molecule has 12 heteroatoms. The number of hydrogen-bond donors (Lipinski definition) is 2. The summed E-state index contributed by atoms with van der Waals surface area (Å²) in [6.07, 6.45) is 3.50. The Morgan fingerprint density at radius 1 is 1.13 bits per heavy atom.